The Labute approximate surface area is 113 Å². The van der Waals surface area contributed by atoms with Gasteiger partial charge in [-0.25, -0.2) is 4.79 Å². The summed E-state index contributed by atoms with van der Waals surface area (Å²) in [7, 11) is 0. The lowest BCUT2D eigenvalue weighted by atomic mass is 10.1. The lowest BCUT2D eigenvalue weighted by Gasteiger charge is -2.12. The molecule has 0 spiro atoms. The molecule has 5 heteroatoms. The molecule has 2 amide bonds. The molecule has 1 aromatic carbocycles. The average Bonchev–Trinajstić information content (AvgIpc) is 2.30. The molecule has 1 rings (SSSR count). The number of carbonyl (C=O) groups excluding carboxylic acids is 1. The highest BCUT2D eigenvalue weighted by molar-refractivity contribution is 5.89. The molecule has 0 aliphatic carbocycles. The van der Waals surface area contributed by atoms with Gasteiger partial charge in [-0.15, -0.1) is 0 Å². The highest BCUT2D eigenvalue weighted by Gasteiger charge is 2.09. The maximum absolute atomic E-state index is 11.6. The fourth-order valence-corrected chi connectivity index (χ4v) is 1.63. The Hall–Kier alpha value is -2.04. The van der Waals surface area contributed by atoms with E-state index in [1.807, 2.05) is 32.0 Å². The molecule has 0 heterocycles. The molecule has 0 fully saturated rings. The van der Waals surface area contributed by atoms with E-state index >= 15 is 0 Å². The predicted octanol–water partition coefficient (Wildman–Crippen LogP) is 2.54. The summed E-state index contributed by atoms with van der Waals surface area (Å²) in [5.74, 6) is -0.952. The van der Waals surface area contributed by atoms with Gasteiger partial charge in [0.2, 0.25) is 0 Å². The number of rotatable bonds is 5. The molecule has 3 N–H and O–H groups in total. The van der Waals surface area contributed by atoms with Crippen molar-refractivity contribution in [2.24, 2.45) is 5.92 Å². The van der Waals surface area contributed by atoms with Crippen LogP contribution >= 0.6 is 0 Å². The molecular formula is C14H20N2O3. The minimum absolute atomic E-state index is 0.0456. The number of amides is 2. The van der Waals surface area contributed by atoms with Crippen LogP contribution < -0.4 is 10.6 Å². The number of nitrogens with one attached hydrogen (secondary N) is 2. The first-order valence-corrected chi connectivity index (χ1v) is 6.22. The van der Waals surface area contributed by atoms with Crippen molar-refractivity contribution in [1.29, 1.82) is 0 Å². The minimum atomic E-state index is -0.858. The first-order valence-electron chi connectivity index (χ1n) is 6.22. The maximum atomic E-state index is 11.6. The largest absolute Gasteiger partial charge is 0.481 e. The summed E-state index contributed by atoms with van der Waals surface area (Å²) in [6.45, 7) is 6.10. The third-order valence-corrected chi connectivity index (χ3v) is 2.90. The van der Waals surface area contributed by atoms with Gasteiger partial charge >= 0.3 is 12.0 Å². The third-order valence-electron chi connectivity index (χ3n) is 2.90. The molecule has 5 nitrogen and oxygen atoms in total. The quantitative estimate of drug-likeness (QED) is 0.764. The van der Waals surface area contributed by atoms with Gasteiger partial charge in [-0.3, -0.25) is 4.79 Å². The molecule has 0 aliphatic heterocycles. The molecule has 0 saturated heterocycles. The number of carboxylic acid groups (broad SMARTS) is 1. The SMILES string of the molecule is Cc1ccc(NC(=O)NCC(C)CC(=O)O)cc1C. The van der Waals surface area contributed by atoms with Gasteiger partial charge in [0.15, 0.2) is 0 Å². The Morgan fingerprint density at radius 1 is 1.26 bits per heavy atom. The van der Waals surface area contributed by atoms with Crippen LogP contribution in [0.5, 0.6) is 0 Å². The van der Waals surface area contributed by atoms with E-state index in [0.717, 1.165) is 11.3 Å². The summed E-state index contributed by atoms with van der Waals surface area (Å²) < 4.78 is 0. The van der Waals surface area contributed by atoms with E-state index in [0.29, 0.717) is 6.54 Å². The topological polar surface area (TPSA) is 78.4 Å². The molecule has 0 radical (unpaired) electrons. The summed E-state index contributed by atoms with van der Waals surface area (Å²) in [4.78, 5) is 22.1. The molecule has 0 aromatic heterocycles. The van der Waals surface area contributed by atoms with Crippen molar-refractivity contribution in [1.82, 2.24) is 5.32 Å². The van der Waals surface area contributed by atoms with Gasteiger partial charge in [-0.2, -0.15) is 0 Å². The summed E-state index contributed by atoms with van der Waals surface area (Å²) in [5.41, 5.74) is 3.00. The van der Waals surface area contributed by atoms with E-state index in [1.165, 1.54) is 5.56 Å². The second kappa shape index (κ2) is 6.78. The average molecular weight is 264 g/mol. The van der Waals surface area contributed by atoms with Gasteiger partial charge in [0.1, 0.15) is 0 Å². The van der Waals surface area contributed by atoms with Crippen molar-refractivity contribution < 1.29 is 14.7 Å². The van der Waals surface area contributed by atoms with Crippen LogP contribution in [0.3, 0.4) is 0 Å². The van der Waals surface area contributed by atoms with Gasteiger partial charge in [0.25, 0.3) is 0 Å². The van der Waals surface area contributed by atoms with Crippen molar-refractivity contribution in [2.45, 2.75) is 27.2 Å². The van der Waals surface area contributed by atoms with Crippen LogP contribution in [0.25, 0.3) is 0 Å². The van der Waals surface area contributed by atoms with Crippen LogP contribution in [0.4, 0.5) is 10.5 Å². The fourth-order valence-electron chi connectivity index (χ4n) is 1.63. The molecule has 0 aliphatic rings. The highest BCUT2D eigenvalue weighted by Crippen LogP contribution is 2.13. The Balaban J connectivity index is 2.42. The smallest absolute Gasteiger partial charge is 0.319 e. The molecule has 0 bridgehead atoms. The number of aliphatic carboxylic acids is 1. The van der Waals surface area contributed by atoms with Gasteiger partial charge in [0, 0.05) is 18.7 Å². The van der Waals surface area contributed by atoms with Crippen LogP contribution in [0.2, 0.25) is 0 Å². The molecule has 1 aromatic rings. The van der Waals surface area contributed by atoms with Gasteiger partial charge in [-0.05, 0) is 43.0 Å². The number of carbonyl (C=O) groups is 2. The maximum Gasteiger partial charge on any atom is 0.319 e. The van der Waals surface area contributed by atoms with Gasteiger partial charge in [0.05, 0.1) is 0 Å². The number of hydrogen-bond donors (Lipinski definition) is 3. The number of hydrogen-bond acceptors (Lipinski definition) is 2. The summed E-state index contributed by atoms with van der Waals surface area (Å²) >= 11 is 0. The van der Waals surface area contributed by atoms with E-state index in [9.17, 15) is 9.59 Å². The first-order chi connectivity index (χ1) is 8.88. The zero-order valence-electron chi connectivity index (χ0n) is 11.5. The van der Waals surface area contributed by atoms with Crippen LogP contribution in [-0.2, 0) is 4.79 Å². The van der Waals surface area contributed by atoms with E-state index in [4.69, 9.17) is 5.11 Å². The van der Waals surface area contributed by atoms with Crippen molar-refractivity contribution >= 4 is 17.7 Å². The van der Waals surface area contributed by atoms with Crippen molar-refractivity contribution in [2.75, 3.05) is 11.9 Å². The van der Waals surface area contributed by atoms with Crippen molar-refractivity contribution in [3.63, 3.8) is 0 Å². The molecule has 0 saturated carbocycles. The zero-order chi connectivity index (χ0) is 14.4. The standard InChI is InChI=1S/C14H20N2O3/c1-9(6-13(17)18)8-15-14(19)16-12-5-4-10(2)11(3)7-12/h4-5,7,9H,6,8H2,1-3H3,(H,17,18)(H2,15,16,19). The fraction of sp³-hybridized carbons (Fsp3) is 0.429. The minimum Gasteiger partial charge on any atom is -0.481 e. The third kappa shape index (κ3) is 5.42. The highest BCUT2D eigenvalue weighted by atomic mass is 16.4. The Kier molecular flexibility index (Phi) is 5.36. The molecular weight excluding hydrogens is 244 g/mol. The van der Waals surface area contributed by atoms with Crippen LogP contribution in [0.1, 0.15) is 24.5 Å². The monoisotopic (exact) mass is 264 g/mol. The summed E-state index contributed by atoms with van der Waals surface area (Å²) in [6.07, 6.45) is 0.0456. The van der Waals surface area contributed by atoms with E-state index in [1.54, 1.807) is 6.92 Å². The van der Waals surface area contributed by atoms with E-state index in [-0.39, 0.29) is 18.4 Å². The van der Waals surface area contributed by atoms with Crippen LogP contribution in [-0.4, -0.2) is 23.7 Å². The lowest BCUT2D eigenvalue weighted by molar-refractivity contribution is -0.137. The van der Waals surface area contributed by atoms with Gasteiger partial charge in [-0.1, -0.05) is 13.0 Å². The van der Waals surface area contributed by atoms with Crippen molar-refractivity contribution in [3.8, 4) is 0 Å². The second-order valence-corrected chi connectivity index (χ2v) is 4.84. The number of anilines is 1. The Morgan fingerprint density at radius 3 is 2.53 bits per heavy atom. The van der Waals surface area contributed by atoms with Crippen molar-refractivity contribution in [3.05, 3.63) is 29.3 Å². The predicted molar refractivity (Wildman–Crippen MR) is 74.4 cm³/mol. The van der Waals surface area contributed by atoms with Crippen LogP contribution in [0, 0.1) is 19.8 Å². The zero-order valence-corrected chi connectivity index (χ0v) is 11.5. The molecule has 104 valence electrons. The van der Waals surface area contributed by atoms with E-state index in [2.05, 4.69) is 10.6 Å². The molecule has 19 heavy (non-hydrogen) atoms. The lowest BCUT2D eigenvalue weighted by Crippen LogP contribution is -2.33. The molecule has 1 unspecified atom stereocenters. The number of carboxylic acids is 1. The van der Waals surface area contributed by atoms with E-state index < -0.39 is 5.97 Å². The summed E-state index contributed by atoms with van der Waals surface area (Å²) in [5, 5.41) is 14.0. The number of benzene rings is 1. The van der Waals surface area contributed by atoms with Crippen LogP contribution in [0.15, 0.2) is 18.2 Å². The summed E-state index contributed by atoms with van der Waals surface area (Å²) in [6, 6.07) is 5.36. The number of urea groups is 1. The molecule has 1 atom stereocenters. The Bertz CT molecular complexity index is 472. The normalized spacial score (nSPS) is 11.7. The second-order valence-electron chi connectivity index (χ2n) is 4.84. The number of aryl methyl sites for hydroxylation is 2. The Morgan fingerprint density at radius 2 is 1.95 bits per heavy atom. The van der Waals surface area contributed by atoms with Gasteiger partial charge < -0.3 is 15.7 Å². The first kappa shape index (κ1) is 15.0.